The van der Waals surface area contributed by atoms with Crippen LogP contribution in [0.4, 0.5) is 0 Å². The first-order valence-corrected chi connectivity index (χ1v) is 7.99. The second kappa shape index (κ2) is 6.85. The first-order valence-electron chi connectivity index (χ1n) is 6.79. The molecule has 0 atom stereocenters. The summed E-state index contributed by atoms with van der Waals surface area (Å²) < 4.78 is 10.9. The highest BCUT2D eigenvalue weighted by Gasteiger charge is 2.11. The Balaban J connectivity index is 1.63. The average Bonchev–Trinajstić information content (AvgIpc) is 3.22. The lowest BCUT2D eigenvalue weighted by atomic mass is 10.1. The molecular weight excluding hydrogens is 336 g/mol. The van der Waals surface area contributed by atoms with E-state index in [2.05, 4.69) is 10.5 Å². The molecule has 0 aliphatic carbocycles. The van der Waals surface area contributed by atoms with E-state index in [-0.39, 0.29) is 12.5 Å². The number of nitrogens with zero attached hydrogens (tertiary/aromatic N) is 1. The maximum Gasteiger partial charge on any atom is 0.261 e. The van der Waals surface area contributed by atoms with Gasteiger partial charge in [0.15, 0.2) is 5.76 Å². The zero-order chi connectivity index (χ0) is 16.2. The Kier molecular flexibility index (Phi) is 4.64. The fraction of sp³-hybridized carbons (Fsp3) is 0.125. The van der Waals surface area contributed by atoms with E-state index in [0.29, 0.717) is 20.7 Å². The predicted molar refractivity (Wildman–Crippen MR) is 89.0 cm³/mol. The molecule has 0 unspecified atom stereocenters. The molecule has 0 bridgehead atoms. The molecular formula is C16H13ClN2O3S. The third-order valence-corrected chi connectivity index (χ3v) is 4.39. The number of halogens is 1. The number of carbonyl (C=O) groups excluding carboxylic acids is 1. The van der Waals surface area contributed by atoms with Crippen molar-refractivity contribution in [2.45, 2.75) is 6.54 Å². The smallest absolute Gasteiger partial charge is 0.261 e. The largest absolute Gasteiger partial charge is 0.497 e. The Morgan fingerprint density at radius 3 is 2.74 bits per heavy atom. The second-order valence-corrected chi connectivity index (χ2v) is 6.41. The Labute approximate surface area is 141 Å². The molecule has 23 heavy (non-hydrogen) atoms. The van der Waals surface area contributed by atoms with E-state index in [0.717, 1.165) is 11.3 Å². The molecule has 0 radical (unpaired) electrons. The summed E-state index contributed by atoms with van der Waals surface area (Å²) in [5.74, 6) is 1.16. The van der Waals surface area contributed by atoms with Gasteiger partial charge in [0, 0.05) is 11.6 Å². The summed E-state index contributed by atoms with van der Waals surface area (Å²) in [4.78, 5) is 12.5. The van der Waals surface area contributed by atoms with Crippen LogP contribution in [0.5, 0.6) is 5.75 Å². The normalized spacial score (nSPS) is 10.5. The Hall–Kier alpha value is -2.31. The summed E-state index contributed by atoms with van der Waals surface area (Å²) in [5, 5.41) is 6.78. The van der Waals surface area contributed by atoms with Gasteiger partial charge in [-0.2, -0.15) is 0 Å². The molecule has 3 aromatic rings. The highest BCUT2D eigenvalue weighted by Crippen LogP contribution is 2.23. The molecule has 0 fully saturated rings. The molecule has 5 nitrogen and oxygen atoms in total. The molecule has 0 aliphatic heterocycles. The topological polar surface area (TPSA) is 64.4 Å². The lowest BCUT2D eigenvalue weighted by Crippen LogP contribution is -2.21. The Morgan fingerprint density at radius 1 is 1.30 bits per heavy atom. The van der Waals surface area contributed by atoms with E-state index in [4.69, 9.17) is 20.9 Å². The number of ether oxygens (including phenoxy) is 1. The summed E-state index contributed by atoms with van der Waals surface area (Å²) in [7, 11) is 1.62. The summed E-state index contributed by atoms with van der Waals surface area (Å²) in [6.07, 6.45) is 0. The molecule has 7 heteroatoms. The van der Waals surface area contributed by atoms with Crippen LogP contribution in [0.25, 0.3) is 11.3 Å². The Bertz CT molecular complexity index is 811. The van der Waals surface area contributed by atoms with E-state index in [9.17, 15) is 4.79 Å². The minimum absolute atomic E-state index is 0.190. The van der Waals surface area contributed by atoms with Gasteiger partial charge < -0.3 is 14.6 Å². The minimum atomic E-state index is -0.190. The molecule has 1 aromatic carbocycles. The van der Waals surface area contributed by atoms with Gasteiger partial charge >= 0.3 is 0 Å². The van der Waals surface area contributed by atoms with Crippen molar-refractivity contribution in [3.63, 3.8) is 0 Å². The molecule has 1 N–H and O–H groups in total. The van der Waals surface area contributed by atoms with E-state index in [1.165, 1.54) is 11.3 Å². The van der Waals surface area contributed by atoms with Gasteiger partial charge in [0.25, 0.3) is 5.91 Å². The van der Waals surface area contributed by atoms with Crippen LogP contribution in [0, 0.1) is 0 Å². The van der Waals surface area contributed by atoms with Crippen molar-refractivity contribution in [2.24, 2.45) is 0 Å². The van der Waals surface area contributed by atoms with Crippen LogP contribution in [0.3, 0.4) is 0 Å². The predicted octanol–water partition coefficient (Wildman–Crippen LogP) is 4.00. The maximum absolute atomic E-state index is 11.9. The lowest BCUT2D eigenvalue weighted by molar-refractivity contribution is 0.0951. The molecule has 0 saturated heterocycles. The van der Waals surface area contributed by atoms with Crippen molar-refractivity contribution in [1.82, 2.24) is 10.5 Å². The van der Waals surface area contributed by atoms with Crippen molar-refractivity contribution < 1.29 is 14.1 Å². The number of hydrogen-bond donors (Lipinski definition) is 1. The fourth-order valence-electron chi connectivity index (χ4n) is 1.98. The molecule has 0 aliphatic rings. The second-order valence-electron chi connectivity index (χ2n) is 4.69. The molecule has 2 heterocycles. The maximum atomic E-state index is 11.9. The van der Waals surface area contributed by atoms with Gasteiger partial charge in [0.1, 0.15) is 11.4 Å². The van der Waals surface area contributed by atoms with Gasteiger partial charge in [0.2, 0.25) is 0 Å². The molecule has 3 rings (SSSR count). The van der Waals surface area contributed by atoms with Crippen molar-refractivity contribution >= 4 is 28.8 Å². The van der Waals surface area contributed by atoms with Crippen molar-refractivity contribution in [2.75, 3.05) is 7.11 Å². The number of hydrogen-bond acceptors (Lipinski definition) is 5. The van der Waals surface area contributed by atoms with Gasteiger partial charge in [-0.1, -0.05) is 16.8 Å². The first kappa shape index (κ1) is 15.6. The van der Waals surface area contributed by atoms with E-state index >= 15 is 0 Å². The number of thiophene rings is 1. The summed E-state index contributed by atoms with van der Waals surface area (Å²) in [5.41, 5.74) is 1.62. The van der Waals surface area contributed by atoms with Crippen LogP contribution in [0.15, 0.2) is 47.0 Å². The van der Waals surface area contributed by atoms with Gasteiger partial charge in [0.05, 0.1) is 22.9 Å². The van der Waals surface area contributed by atoms with E-state index in [1.54, 1.807) is 25.3 Å². The number of benzene rings is 1. The van der Waals surface area contributed by atoms with Crippen LogP contribution < -0.4 is 10.1 Å². The van der Waals surface area contributed by atoms with Crippen LogP contribution in [-0.4, -0.2) is 18.2 Å². The van der Waals surface area contributed by atoms with Crippen LogP contribution in [0.1, 0.15) is 15.4 Å². The summed E-state index contributed by atoms with van der Waals surface area (Å²) in [6.45, 7) is 0.261. The average molecular weight is 349 g/mol. The van der Waals surface area contributed by atoms with E-state index in [1.807, 2.05) is 24.3 Å². The SMILES string of the molecule is COc1ccc(-c2cc(CNC(=O)c3ccc(Cl)s3)on2)cc1. The van der Waals surface area contributed by atoms with Gasteiger partial charge in [-0.05, 0) is 36.4 Å². The summed E-state index contributed by atoms with van der Waals surface area (Å²) >= 11 is 7.05. The van der Waals surface area contributed by atoms with Gasteiger partial charge in [-0.25, -0.2) is 0 Å². The molecule has 0 saturated carbocycles. The number of aromatic nitrogens is 1. The lowest BCUT2D eigenvalue weighted by Gasteiger charge is -2.00. The minimum Gasteiger partial charge on any atom is -0.497 e. The quantitative estimate of drug-likeness (QED) is 0.757. The van der Waals surface area contributed by atoms with Crippen molar-refractivity contribution in [3.8, 4) is 17.0 Å². The molecule has 2 aromatic heterocycles. The number of carbonyl (C=O) groups is 1. The number of amides is 1. The highest BCUT2D eigenvalue weighted by molar-refractivity contribution is 7.17. The first-order chi connectivity index (χ1) is 11.2. The summed E-state index contributed by atoms with van der Waals surface area (Å²) in [6, 6.07) is 12.7. The third kappa shape index (κ3) is 3.72. The Morgan fingerprint density at radius 2 is 2.09 bits per heavy atom. The van der Waals surface area contributed by atoms with Crippen molar-refractivity contribution in [3.05, 3.63) is 57.4 Å². The fourth-order valence-corrected chi connectivity index (χ4v) is 2.94. The third-order valence-electron chi connectivity index (χ3n) is 3.16. The standard InChI is InChI=1S/C16H13ClN2O3S/c1-21-11-4-2-10(3-5-11)13-8-12(22-19-13)9-18-16(20)14-6-7-15(17)23-14/h2-8H,9H2,1H3,(H,18,20). The van der Waals surface area contributed by atoms with Gasteiger partial charge in [-0.15, -0.1) is 11.3 Å². The van der Waals surface area contributed by atoms with E-state index < -0.39 is 0 Å². The number of rotatable bonds is 5. The van der Waals surface area contributed by atoms with Crippen LogP contribution in [-0.2, 0) is 6.54 Å². The van der Waals surface area contributed by atoms with Crippen LogP contribution >= 0.6 is 22.9 Å². The monoisotopic (exact) mass is 348 g/mol. The molecule has 1 amide bonds. The molecule has 0 spiro atoms. The van der Waals surface area contributed by atoms with Crippen LogP contribution in [0.2, 0.25) is 4.34 Å². The van der Waals surface area contributed by atoms with Crippen molar-refractivity contribution in [1.29, 1.82) is 0 Å². The van der Waals surface area contributed by atoms with Gasteiger partial charge in [-0.3, -0.25) is 4.79 Å². The molecule has 118 valence electrons. The highest BCUT2D eigenvalue weighted by atomic mass is 35.5. The zero-order valence-corrected chi connectivity index (χ0v) is 13.8. The number of nitrogens with one attached hydrogen (secondary N) is 1. The zero-order valence-electron chi connectivity index (χ0n) is 12.2. The number of methoxy groups -OCH3 is 1.